The Morgan fingerprint density at radius 3 is 1.07 bits per heavy atom. The molecule has 0 amide bonds. The summed E-state index contributed by atoms with van der Waals surface area (Å²) in [6, 6.07) is 0. The number of hydrogen-bond acceptors (Lipinski definition) is 8. The van der Waals surface area contributed by atoms with Crippen molar-refractivity contribution >= 4 is 23.9 Å². The van der Waals surface area contributed by atoms with E-state index in [1.807, 2.05) is 27.7 Å². The summed E-state index contributed by atoms with van der Waals surface area (Å²) in [5.74, 6) is -0.621. The lowest BCUT2D eigenvalue weighted by molar-refractivity contribution is -0.153. The topological polar surface area (TPSA) is 105 Å². The molecule has 0 aromatic rings. The monoisotopic (exact) mass is 821 g/mol. The number of unbranched alkanes of at least 4 members (excludes halogenated alkanes) is 19. The quantitative estimate of drug-likeness (QED) is 0.0208. The van der Waals surface area contributed by atoms with Crippen molar-refractivity contribution in [3.63, 3.8) is 0 Å². The maximum atomic E-state index is 11.4. The van der Waals surface area contributed by atoms with E-state index in [9.17, 15) is 19.2 Å². The fraction of sp³-hybridized carbons (Fsp3) is 0.760. The molecule has 0 aliphatic heterocycles. The SMILES string of the molecule is C=CCOC(=O)C(C)(C)CCC.C=COC(=O)C(C)(C)CCCCCC.C=COC(=O)CCCCCCCCCCC.C=COC(=O)CCCCCCCCCCC. The van der Waals surface area contributed by atoms with Crippen LogP contribution in [0.25, 0.3) is 0 Å². The van der Waals surface area contributed by atoms with Gasteiger partial charge in [0.05, 0.1) is 29.6 Å². The third-order valence-corrected chi connectivity index (χ3v) is 9.56. The van der Waals surface area contributed by atoms with Crippen LogP contribution in [0.2, 0.25) is 0 Å². The first kappa shape index (κ1) is 61.5. The Morgan fingerprint density at radius 2 is 0.741 bits per heavy atom. The van der Waals surface area contributed by atoms with Gasteiger partial charge in [-0.1, -0.05) is 195 Å². The summed E-state index contributed by atoms with van der Waals surface area (Å²) >= 11 is 0. The number of rotatable bonds is 34. The van der Waals surface area contributed by atoms with Crippen LogP contribution in [-0.4, -0.2) is 30.5 Å². The van der Waals surface area contributed by atoms with Crippen LogP contribution in [0.15, 0.2) is 51.2 Å². The zero-order valence-corrected chi connectivity index (χ0v) is 39.2. The fourth-order valence-electron chi connectivity index (χ4n) is 5.85. The first-order chi connectivity index (χ1) is 27.7. The summed E-state index contributed by atoms with van der Waals surface area (Å²) < 4.78 is 19.0. The van der Waals surface area contributed by atoms with Gasteiger partial charge in [0.15, 0.2) is 0 Å². The van der Waals surface area contributed by atoms with E-state index in [0.29, 0.717) is 19.4 Å². The second kappa shape index (κ2) is 46.5. The summed E-state index contributed by atoms with van der Waals surface area (Å²) in [5, 5.41) is 0. The standard InChI is InChI=1S/2C14H26O2.C12H22O2.C10H18O2/c2*1-3-5-6-7-8-9-10-11-12-13-14(15)16-4-2;1-5-7-8-9-10-12(3,4)11(13)14-6-2;1-5-7-10(3,4)9(11)12-8-6-2/h2*4H,2-3,5-13H2,1H3;6H,2,5,7-10H2,1,3-4H3;6H,2,5,7-8H2,1,3-4H3. The van der Waals surface area contributed by atoms with Crippen molar-refractivity contribution in [1.82, 2.24) is 0 Å². The minimum absolute atomic E-state index is 0.135. The molecule has 0 aliphatic rings. The molecule has 0 heterocycles. The van der Waals surface area contributed by atoms with Gasteiger partial charge in [0.1, 0.15) is 6.61 Å². The molecule has 0 bridgehead atoms. The highest BCUT2D eigenvalue weighted by Gasteiger charge is 2.28. The molecule has 58 heavy (non-hydrogen) atoms. The van der Waals surface area contributed by atoms with Crippen LogP contribution in [0.4, 0.5) is 0 Å². The second-order valence-corrected chi connectivity index (χ2v) is 16.3. The Bertz CT molecular complexity index is 973. The molecular weight excluding hydrogens is 729 g/mol. The van der Waals surface area contributed by atoms with Crippen molar-refractivity contribution in [2.24, 2.45) is 10.8 Å². The Balaban J connectivity index is -0.000000337. The normalized spacial score (nSPS) is 10.5. The van der Waals surface area contributed by atoms with E-state index >= 15 is 0 Å². The predicted octanol–water partition coefficient (Wildman–Crippen LogP) is 15.4. The lowest BCUT2D eigenvalue weighted by Gasteiger charge is -2.20. The number of carbonyl (C=O) groups is 4. The summed E-state index contributed by atoms with van der Waals surface area (Å²) in [6.45, 7) is 30.2. The molecule has 0 radical (unpaired) electrons. The third kappa shape index (κ3) is 47.2. The van der Waals surface area contributed by atoms with Gasteiger partial charge in [-0.25, -0.2) is 0 Å². The fourth-order valence-corrected chi connectivity index (χ4v) is 5.85. The molecule has 8 nitrogen and oxygen atoms in total. The molecule has 0 aromatic carbocycles. The van der Waals surface area contributed by atoms with Gasteiger partial charge >= 0.3 is 23.9 Å². The Morgan fingerprint density at radius 1 is 0.414 bits per heavy atom. The largest absolute Gasteiger partial charge is 0.461 e. The highest BCUT2D eigenvalue weighted by molar-refractivity contribution is 5.76. The summed E-state index contributed by atoms with van der Waals surface area (Å²) in [4.78, 5) is 44.7. The number of esters is 4. The zero-order valence-electron chi connectivity index (χ0n) is 39.2. The number of ether oxygens (including phenoxy) is 4. The first-order valence-electron chi connectivity index (χ1n) is 22.9. The molecule has 8 heteroatoms. The maximum absolute atomic E-state index is 11.4. The summed E-state index contributed by atoms with van der Waals surface area (Å²) in [5.41, 5.74) is -0.723. The molecule has 0 saturated carbocycles. The highest BCUT2D eigenvalue weighted by Crippen LogP contribution is 2.26. The lowest BCUT2D eigenvalue weighted by Crippen LogP contribution is -2.26. The van der Waals surface area contributed by atoms with Gasteiger partial charge in [-0.05, 0) is 53.4 Å². The van der Waals surface area contributed by atoms with E-state index in [1.165, 1.54) is 128 Å². The van der Waals surface area contributed by atoms with Crippen LogP contribution in [-0.2, 0) is 38.1 Å². The van der Waals surface area contributed by atoms with Crippen molar-refractivity contribution in [3.05, 3.63) is 51.2 Å². The smallest absolute Gasteiger partial charge is 0.316 e. The van der Waals surface area contributed by atoms with Crippen molar-refractivity contribution < 1.29 is 38.1 Å². The van der Waals surface area contributed by atoms with Crippen LogP contribution < -0.4 is 0 Å². The molecule has 0 unspecified atom stereocenters. The third-order valence-electron chi connectivity index (χ3n) is 9.56. The lowest BCUT2D eigenvalue weighted by atomic mass is 9.87. The Labute approximate surface area is 358 Å². The zero-order chi connectivity index (χ0) is 44.8. The highest BCUT2D eigenvalue weighted by atomic mass is 16.5. The van der Waals surface area contributed by atoms with Gasteiger partial charge in [0, 0.05) is 12.8 Å². The predicted molar refractivity (Wildman–Crippen MR) is 245 cm³/mol. The molecule has 0 fully saturated rings. The number of hydrogen-bond donors (Lipinski definition) is 0. The van der Waals surface area contributed by atoms with Gasteiger partial charge in [0.2, 0.25) is 0 Å². The van der Waals surface area contributed by atoms with E-state index in [0.717, 1.165) is 51.4 Å². The Kier molecular flexibility index (Phi) is 49.3. The molecule has 0 spiro atoms. The summed E-state index contributed by atoms with van der Waals surface area (Å²) in [6.07, 6.45) is 36.6. The van der Waals surface area contributed by atoms with Gasteiger partial charge in [-0.2, -0.15) is 0 Å². The van der Waals surface area contributed by atoms with E-state index < -0.39 is 0 Å². The van der Waals surface area contributed by atoms with Crippen LogP contribution >= 0.6 is 0 Å². The number of carbonyl (C=O) groups excluding carboxylic acids is 4. The van der Waals surface area contributed by atoms with Crippen molar-refractivity contribution in [2.75, 3.05) is 6.61 Å². The minimum Gasteiger partial charge on any atom is -0.461 e. The second-order valence-electron chi connectivity index (χ2n) is 16.3. The van der Waals surface area contributed by atoms with E-state index in [-0.39, 0.29) is 34.7 Å². The maximum Gasteiger partial charge on any atom is 0.316 e. The van der Waals surface area contributed by atoms with E-state index in [1.54, 1.807) is 6.08 Å². The average molecular weight is 821 g/mol. The van der Waals surface area contributed by atoms with Crippen molar-refractivity contribution in [1.29, 1.82) is 0 Å². The molecule has 0 aliphatic carbocycles. The molecule has 0 atom stereocenters. The van der Waals surface area contributed by atoms with Gasteiger partial charge in [-0.3, -0.25) is 19.2 Å². The van der Waals surface area contributed by atoms with E-state index in [2.05, 4.69) is 63.5 Å². The van der Waals surface area contributed by atoms with Crippen LogP contribution in [0.3, 0.4) is 0 Å². The van der Waals surface area contributed by atoms with Gasteiger partial charge < -0.3 is 18.9 Å². The first-order valence-corrected chi connectivity index (χ1v) is 22.9. The molecule has 0 aromatic heterocycles. The van der Waals surface area contributed by atoms with Gasteiger partial charge in [0.25, 0.3) is 0 Å². The molecule has 0 rings (SSSR count). The van der Waals surface area contributed by atoms with Crippen LogP contribution in [0.1, 0.15) is 229 Å². The molecule has 0 N–H and O–H groups in total. The average Bonchev–Trinajstić information content (AvgIpc) is 3.18. The summed E-state index contributed by atoms with van der Waals surface area (Å²) in [7, 11) is 0. The van der Waals surface area contributed by atoms with E-state index in [4.69, 9.17) is 9.47 Å². The molecule has 0 saturated heterocycles. The molecule has 340 valence electrons. The molecular formula is C50H92O8. The minimum atomic E-state index is -0.373. The van der Waals surface area contributed by atoms with Crippen molar-refractivity contribution in [3.8, 4) is 0 Å². The Hall–Kier alpha value is -3.16. The van der Waals surface area contributed by atoms with Crippen LogP contribution in [0.5, 0.6) is 0 Å². The van der Waals surface area contributed by atoms with Gasteiger partial charge in [-0.15, -0.1) is 0 Å². The van der Waals surface area contributed by atoms with Crippen molar-refractivity contribution in [2.45, 2.75) is 229 Å². The van der Waals surface area contributed by atoms with Crippen LogP contribution in [0, 0.1) is 10.8 Å².